The van der Waals surface area contributed by atoms with Gasteiger partial charge in [0.15, 0.2) is 0 Å². The van der Waals surface area contributed by atoms with Crippen molar-refractivity contribution in [1.29, 1.82) is 0 Å². The van der Waals surface area contributed by atoms with Crippen LogP contribution in [0.25, 0.3) is 0 Å². The van der Waals surface area contributed by atoms with Gasteiger partial charge in [-0.2, -0.15) is 0 Å². The topological polar surface area (TPSA) is 15.3 Å². The Bertz CT molecular complexity index is 164. The van der Waals surface area contributed by atoms with Crippen molar-refractivity contribution in [2.24, 2.45) is 5.92 Å². The predicted molar refractivity (Wildman–Crippen MR) is 67.2 cm³/mol. The Morgan fingerprint density at radius 2 is 1.93 bits per heavy atom. The van der Waals surface area contributed by atoms with Crippen molar-refractivity contribution in [2.75, 3.05) is 20.1 Å². The fourth-order valence-corrected chi connectivity index (χ4v) is 1.93. The van der Waals surface area contributed by atoms with Crippen LogP contribution in [0.3, 0.4) is 0 Å². The van der Waals surface area contributed by atoms with Gasteiger partial charge in [0.2, 0.25) is 0 Å². The van der Waals surface area contributed by atoms with Gasteiger partial charge in [0.25, 0.3) is 0 Å². The standard InChI is InChI=1S/C13H28N2/c1-11(2)6-5-9-14-10-12(3)15(4)13-7-8-13/h11-14H,5-10H2,1-4H3. The highest BCUT2D eigenvalue weighted by atomic mass is 15.2. The van der Waals surface area contributed by atoms with Crippen LogP contribution in [-0.2, 0) is 0 Å². The summed E-state index contributed by atoms with van der Waals surface area (Å²) in [5.41, 5.74) is 0. The highest BCUT2D eigenvalue weighted by Gasteiger charge is 2.28. The lowest BCUT2D eigenvalue weighted by Gasteiger charge is -2.24. The van der Waals surface area contributed by atoms with Gasteiger partial charge in [0.05, 0.1) is 0 Å². The molecule has 0 spiro atoms. The number of nitrogens with zero attached hydrogens (tertiary/aromatic N) is 1. The Balaban J connectivity index is 1.94. The van der Waals surface area contributed by atoms with E-state index in [4.69, 9.17) is 0 Å². The number of hydrogen-bond acceptors (Lipinski definition) is 2. The zero-order valence-electron chi connectivity index (χ0n) is 10.9. The first-order valence-electron chi connectivity index (χ1n) is 6.54. The van der Waals surface area contributed by atoms with E-state index < -0.39 is 0 Å². The minimum Gasteiger partial charge on any atom is -0.315 e. The van der Waals surface area contributed by atoms with Crippen LogP contribution in [0.5, 0.6) is 0 Å². The molecule has 0 radical (unpaired) electrons. The van der Waals surface area contributed by atoms with Crippen molar-refractivity contribution in [1.82, 2.24) is 10.2 Å². The van der Waals surface area contributed by atoms with E-state index in [1.165, 1.54) is 32.2 Å². The van der Waals surface area contributed by atoms with Gasteiger partial charge in [-0.25, -0.2) is 0 Å². The summed E-state index contributed by atoms with van der Waals surface area (Å²) in [6, 6.07) is 1.58. The van der Waals surface area contributed by atoms with Gasteiger partial charge < -0.3 is 5.32 Å². The van der Waals surface area contributed by atoms with Crippen molar-refractivity contribution in [2.45, 2.75) is 58.5 Å². The van der Waals surface area contributed by atoms with E-state index in [2.05, 4.69) is 38.0 Å². The molecule has 2 heteroatoms. The fraction of sp³-hybridized carbons (Fsp3) is 1.00. The molecule has 1 N–H and O–H groups in total. The molecule has 1 fully saturated rings. The quantitative estimate of drug-likeness (QED) is 0.622. The van der Waals surface area contributed by atoms with Gasteiger partial charge in [-0.15, -0.1) is 0 Å². The Morgan fingerprint density at radius 1 is 1.27 bits per heavy atom. The molecule has 0 aliphatic heterocycles. The number of likely N-dealkylation sites (N-methyl/N-ethyl adjacent to an activating group) is 1. The zero-order chi connectivity index (χ0) is 11.3. The van der Waals surface area contributed by atoms with Crippen molar-refractivity contribution in [3.8, 4) is 0 Å². The third-order valence-electron chi connectivity index (χ3n) is 3.39. The summed E-state index contributed by atoms with van der Waals surface area (Å²) in [6.07, 6.45) is 5.49. The van der Waals surface area contributed by atoms with Gasteiger partial charge in [0, 0.05) is 18.6 Å². The molecule has 0 aromatic heterocycles. The van der Waals surface area contributed by atoms with Crippen LogP contribution in [0.15, 0.2) is 0 Å². The Hall–Kier alpha value is -0.0800. The molecule has 0 aromatic carbocycles. The second-order valence-corrected chi connectivity index (χ2v) is 5.49. The minimum absolute atomic E-state index is 0.691. The van der Waals surface area contributed by atoms with Crippen LogP contribution in [0.2, 0.25) is 0 Å². The molecular weight excluding hydrogens is 184 g/mol. The molecule has 1 rings (SSSR count). The molecule has 0 amide bonds. The lowest BCUT2D eigenvalue weighted by Crippen LogP contribution is -2.39. The monoisotopic (exact) mass is 212 g/mol. The molecule has 2 nitrogen and oxygen atoms in total. The van der Waals surface area contributed by atoms with E-state index in [1.54, 1.807) is 0 Å². The first kappa shape index (κ1) is 13.0. The van der Waals surface area contributed by atoms with Crippen molar-refractivity contribution in [3.63, 3.8) is 0 Å². The predicted octanol–water partition coefficient (Wildman–Crippen LogP) is 2.49. The van der Waals surface area contributed by atoms with Gasteiger partial charge in [-0.3, -0.25) is 4.90 Å². The van der Waals surface area contributed by atoms with E-state index in [9.17, 15) is 0 Å². The number of rotatable bonds is 8. The highest BCUT2D eigenvalue weighted by Crippen LogP contribution is 2.26. The summed E-state index contributed by atoms with van der Waals surface area (Å²) in [6.45, 7) is 9.24. The van der Waals surface area contributed by atoms with Gasteiger partial charge in [-0.1, -0.05) is 13.8 Å². The van der Waals surface area contributed by atoms with E-state index in [0.717, 1.165) is 18.5 Å². The summed E-state index contributed by atoms with van der Waals surface area (Å²) in [4.78, 5) is 2.52. The van der Waals surface area contributed by atoms with Crippen LogP contribution < -0.4 is 5.32 Å². The molecule has 1 atom stereocenters. The van der Waals surface area contributed by atoms with Crippen molar-refractivity contribution < 1.29 is 0 Å². The van der Waals surface area contributed by atoms with Gasteiger partial charge >= 0.3 is 0 Å². The molecule has 0 heterocycles. The van der Waals surface area contributed by atoms with Crippen LogP contribution in [0.1, 0.15) is 46.5 Å². The summed E-state index contributed by atoms with van der Waals surface area (Å²) >= 11 is 0. The van der Waals surface area contributed by atoms with Gasteiger partial charge in [0.1, 0.15) is 0 Å². The highest BCUT2D eigenvalue weighted by molar-refractivity contribution is 4.85. The van der Waals surface area contributed by atoms with E-state index >= 15 is 0 Å². The third-order valence-corrected chi connectivity index (χ3v) is 3.39. The van der Waals surface area contributed by atoms with Crippen LogP contribution in [0, 0.1) is 5.92 Å². The van der Waals surface area contributed by atoms with Crippen LogP contribution in [0.4, 0.5) is 0 Å². The normalized spacial score (nSPS) is 18.8. The van der Waals surface area contributed by atoms with Crippen LogP contribution >= 0.6 is 0 Å². The van der Waals surface area contributed by atoms with E-state index in [-0.39, 0.29) is 0 Å². The second-order valence-electron chi connectivity index (χ2n) is 5.49. The summed E-state index contributed by atoms with van der Waals surface area (Å²) in [5.74, 6) is 0.846. The first-order chi connectivity index (χ1) is 7.11. The van der Waals surface area contributed by atoms with E-state index in [0.29, 0.717) is 6.04 Å². The zero-order valence-corrected chi connectivity index (χ0v) is 10.9. The van der Waals surface area contributed by atoms with E-state index in [1.807, 2.05) is 0 Å². The number of nitrogens with one attached hydrogen (secondary N) is 1. The lowest BCUT2D eigenvalue weighted by atomic mass is 10.1. The molecular formula is C13H28N2. The van der Waals surface area contributed by atoms with Crippen LogP contribution in [-0.4, -0.2) is 37.1 Å². The molecule has 1 unspecified atom stereocenters. The molecule has 0 aromatic rings. The molecule has 1 aliphatic rings. The molecule has 90 valence electrons. The first-order valence-corrected chi connectivity index (χ1v) is 6.54. The summed E-state index contributed by atoms with van der Waals surface area (Å²) in [5, 5.41) is 3.56. The fourth-order valence-electron chi connectivity index (χ4n) is 1.93. The Labute approximate surface area is 95.4 Å². The van der Waals surface area contributed by atoms with Crippen molar-refractivity contribution in [3.05, 3.63) is 0 Å². The molecule has 0 bridgehead atoms. The van der Waals surface area contributed by atoms with Gasteiger partial charge in [-0.05, 0) is 52.1 Å². The Kier molecular flexibility index (Phi) is 5.62. The second kappa shape index (κ2) is 6.49. The number of hydrogen-bond donors (Lipinski definition) is 1. The maximum atomic E-state index is 3.56. The van der Waals surface area contributed by atoms with Crippen molar-refractivity contribution >= 4 is 0 Å². The smallest absolute Gasteiger partial charge is 0.0192 e. The largest absolute Gasteiger partial charge is 0.315 e. The third kappa shape index (κ3) is 5.53. The SMILES string of the molecule is CC(C)CCCNCC(C)N(C)C1CC1. The summed E-state index contributed by atoms with van der Waals surface area (Å²) < 4.78 is 0. The maximum Gasteiger partial charge on any atom is 0.0192 e. The average Bonchev–Trinajstić information content (AvgIpc) is 2.98. The average molecular weight is 212 g/mol. The Morgan fingerprint density at radius 3 is 2.47 bits per heavy atom. The summed E-state index contributed by atoms with van der Waals surface area (Å²) in [7, 11) is 2.26. The molecule has 1 saturated carbocycles. The molecule has 15 heavy (non-hydrogen) atoms. The minimum atomic E-state index is 0.691. The maximum absolute atomic E-state index is 3.56. The molecule has 1 aliphatic carbocycles. The molecule has 0 saturated heterocycles. The lowest BCUT2D eigenvalue weighted by molar-refractivity contribution is 0.241.